The van der Waals surface area contributed by atoms with Gasteiger partial charge in [-0.25, -0.2) is 0 Å². The maximum absolute atomic E-state index is 12.1. The third kappa shape index (κ3) is 5.02. The van der Waals surface area contributed by atoms with Crippen molar-refractivity contribution in [3.05, 3.63) is 29.8 Å². The quantitative estimate of drug-likeness (QED) is 0.869. The Morgan fingerprint density at radius 2 is 1.86 bits per heavy atom. The van der Waals surface area contributed by atoms with Crippen LogP contribution in [0.1, 0.15) is 12.5 Å². The van der Waals surface area contributed by atoms with Gasteiger partial charge in [0.2, 0.25) is 0 Å². The van der Waals surface area contributed by atoms with Gasteiger partial charge in [-0.3, -0.25) is 4.79 Å². The molecule has 116 valence electrons. The van der Waals surface area contributed by atoms with Crippen molar-refractivity contribution >= 4 is 5.91 Å². The Kier molecular flexibility index (Phi) is 5.59. The van der Waals surface area contributed by atoms with E-state index in [-0.39, 0.29) is 18.6 Å². The van der Waals surface area contributed by atoms with Crippen molar-refractivity contribution in [2.75, 3.05) is 39.8 Å². The summed E-state index contributed by atoms with van der Waals surface area (Å²) < 4.78 is 5.57. The summed E-state index contributed by atoms with van der Waals surface area (Å²) in [6.07, 6.45) is 0.848. The van der Waals surface area contributed by atoms with E-state index >= 15 is 0 Å². The normalized spacial score (nSPS) is 17.6. The van der Waals surface area contributed by atoms with Crippen molar-refractivity contribution in [1.29, 1.82) is 0 Å². The van der Waals surface area contributed by atoms with E-state index in [2.05, 4.69) is 11.9 Å². The molecule has 1 aliphatic rings. The number of benzene rings is 1. The second-order valence-corrected chi connectivity index (χ2v) is 5.80. The lowest BCUT2D eigenvalue weighted by atomic mass is 10.1. The van der Waals surface area contributed by atoms with Crippen LogP contribution in [-0.2, 0) is 11.2 Å². The standard InChI is InChI=1S/C16H25N3O2/c1-13(17)11-14-3-5-15(6-4-14)21-12-16(20)19-9-7-18(2)8-10-19/h3-6,13H,7-12,17H2,1-2H3. The van der Waals surface area contributed by atoms with Crippen LogP contribution in [0.4, 0.5) is 0 Å². The minimum atomic E-state index is 0.0581. The molecule has 21 heavy (non-hydrogen) atoms. The molecular formula is C16H25N3O2. The van der Waals surface area contributed by atoms with E-state index in [1.807, 2.05) is 36.1 Å². The molecule has 0 spiro atoms. The number of likely N-dealkylation sites (N-methyl/N-ethyl adjacent to an activating group) is 1. The zero-order valence-electron chi connectivity index (χ0n) is 12.9. The number of hydrogen-bond donors (Lipinski definition) is 1. The molecular weight excluding hydrogens is 266 g/mol. The number of carbonyl (C=O) groups excluding carboxylic acids is 1. The molecule has 1 aromatic carbocycles. The zero-order chi connectivity index (χ0) is 15.2. The number of rotatable bonds is 5. The van der Waals surface area contributed by atoms with Gasteiger partial charge in [0, 0.05) is 32.2 Å². The van der Waals surface area contributed by atoms with Gasteiger partial charge in [0.05, 0.1) is 0 Å². The van der Waals surface area contributed by atoms with E-state index in [9.17, 15) is 4.79 Å². The molecule has 0 radical (unpaired) electrons. The van der Waals surface area contributed by atoms with Gasteiger partial charge in [0.25, 0.3) is 5.91 Å². The van der Waals surface area contributed by atoms with Crippen LogP contribution < -0.4 is 10.5 Å². The number of nitrogens with zero attached hydrogens (tertiary/aromatic N) is 2. The number of ether oxygens (including phenoxy) is 1. The fourth-order valence-electron chi connectivity index (χ4n) is 2.39. The highest BCUT2D eigenvalue weighted by molar-refractivity contribution is 5.77. The van der Waals surface area contributed by atoms with Crippen molar-refractivity contribution < 1.29 is 9.53 Å². The number of hydrogen-bond acceptors (Lipinski definition) is 4. The van der Waals surface area contributed by atoms with Gasteiger partial charge in [0.1, 0.15) is 5.75 Å². The first-order valence-corrected chi connectivity index (χ1v) is 7.48. The summed E-state index contributed by atoms with van der Waals surface area (Å²) in [7, 11) is 2.07. The average molecular weight is 291 g/mol. The zero-order valence-corrected chi connectivity index (χ0v) is 12.9. The largest absolute Gasteiger partial charge is 0.484 e. The van der Waals surface area contributed by atoms with E-state index in [0.29, 0.717) is 0 Å². The molecule has 1 saturated heterocycles. The fourth-order valence-corrected chi connectivity index (χ4v) is 2.39. The number of piperazine rings is 1. The fraction of sp³-hybridized carbons (Fsp3) is 0.562. The Morgan fingerprint density at radius 1 is 1.24 bits per heavy atom. The lowest BCUT2D eigenvalue weighted by Crippen LogP contribution is -2.48. The van der Waals surface area contributed by atoms with E-state index in [1.165, 1.54) is 5.56 Å². The van der Waals surface area contributed by atoms with Crippen LogP contribution in [0.25, 0.3) is 0 Å². The van der Waals surface area contributed by atoms with Crippen molar-refractivity contribution in [3.63, 3.8) is 0 Å². The summed E-state index contributed by atoms with van der Waals surface area (Å²) in [5.74, 6) is 0.786. The predicted molar refractivity (Wildman–Crippen MR) is 83.4 cm³/mol. The number of amides is 1. The van der Waals surface area contributed by atoms with Crippen LogP contribution in [-0.4, -0.2) is 61.6 Å². The summed E-state index contributed by atoms with van der Waals surface area (Å²) in [6.45, 7) is 5.52. The summed E-state index contributed by atoms with van der Waals surface area (Å²) in [5, 5.41) is 0. The Labute approximate surface area is 126 Å². The summed E-state index contributed by atoms with van der Waals surface area (Å²) >= 11 is 0. The minimum Gasteiger partial charge on any atom is -0.484 e. The minimum absolute atomic E-state index is 0.0581. The SMILES string of the molecule is CC(N)Cc1ccc(OCC(=O)N2CCN(C)CC2)cc1. The molecule has 1 fully saturated rings. The molecule has 0 bridgehead atoms. The van der Waals surface area contributed by atoms with E-state index < -0.39 is 0 Å². The molecule has 2 N–H and O–H groups in total. The molecule has 1 heterocycles. The van der Waals surface area contributed by atoms with Gasteiger partial charge in [-0.15, -0.1) is 0 Å². The lowest BCUT2D eigenvalue weighted by molar-refractivity contribution is -0.134. The Hall–Kier alpha value is -1.59. The third-order valence-corrected chi connectivity index (χ3v) is 3.70. The highest BCUT2D eigenvalue weighted by atomic mass is 16.5. The average Bonchev–Trinajstić information content (AvgIpc) is 2.46. The van der Waals surface area contributed by atoms with Gasteiger partial charge in [-0.2, -0.15) is 0 Å². The van der Waals surface area contributed by atoms with Crippen molar-refractivity contribution in [2.45, 2.75) is 19.4 Å². The monoisotopic (exact) mass is 291 g/mol. The van der Waals surface area contributed by atoms with Gasteiger partial charge >= 0.3 is 0 Å². The van der Waals surface area contributed by atoms with Gasteiger partial charge in [0.15, 0.2) is 6.61 Å². The van der Waals surface area contributed by atoms with Gasteiger partial charge < -0.3 is 20.3 Å². The first-order valence-electron chi connectivity index (χ1n) is 7.48. The van der Waals surface area contributed by atoms with Crippen LogP contribution in [0.15, 0.2) is 24.3 Å². The molecule has 0 aromatic heterocycles. The molecule has 0 saturated carbocycles. The molecule has 1 aliphatic heterocycles. The highest BCUT2D eigenvalue weighted by Crippen LogP contribution is 2.13. The van der Waals surface area contributed by atoms with Crippen LogP contribution >= 0.6 is 0 Å². The number of nitrogens with two attached hydrogens (primary N) is 1. The van der Waals surface area contributed by atoms with E-state index in [1.54, 1.807) is 0 Å². The molecule has 5 heteroatoms. The predicted octanol–water partition coefficient (Wildman–Crippen LogP) is 0.729. The smallest absolute Gasteiger partial charge is 0.260 e. The van der Waals surface area contributed by atoms with E-state index in [0.717, 1.165) is 38.3 Å². The summed E-state index contributed by atoms with van der Waals surface area (Å²) in [6, 6.07) is 7.94. The lowest BCUT2D eigenvalue weighted by Gasteiger charge is -2.32. The van der Waals surface area contributed by atoms with Crippen LogP contribution in [0.2, 0.25) is 0 Å². The molecule has 2 rings (SSSR count). The Morgan fingerprint density at radius 3 is 2.43 bits per heavy atom. The van der Waals surface area contributed by atoms with E-state index in [4.69, 9.17) is 10.5 Å². The van der Waals surface area contributed by atoms with Crippen molar-refractivity contribution in [3.8, 4) is 5.75 Å². The first-order chi connectivity index (χ1) is 10.0. The topological polar surface area (TPSA) is 58.8 Å². The van der Waals surface area contributed by atoms with Crippen molar-refractivity contribution in [1.82, 2.24) is 9.80 Å². The van der Waals surface area contributed by atoms with Crippen LogP contribution in [0.5, 0.6) is 5.75 Å². The number of carbonyl (C=O) groups is 1. The third-order valence-electron chi connectivity index (χ3n) is 3.70. The van der Waals surface area contributed by atoms with Crippen LogP contribution in [0, 0.1) is 0 Å². The molecule has 1 aromatic rings. The molecule has 0 aliphatic carbocycles. The van der Waals surface area contributed by atoms with Crippen LogP contribution in [0.3, 0.4) is 0 Å². The first kappa shape index (κ1) is 15.8. The molecule has 1 atom stereocenters. The Bertz CT molecular complexity index is 451. The molecule has 5 nitrogen and oxygen atoms in total. The van der Waals surface area contributed by atoms with Gasteiger partial charge in [-0.1, -0.05) is 12.1 Å². The second-order valence-electron chi connectivity index (χ2n) is 5.80. The molecule has 1 amide bonds. The molecule has 1 unspecified atom stereocenters. The summed E-state index contributed by atoms with van der Waals surface area (Å²) in [5.41, 5.74) is 6.95. The second kappa shape index (κ2) is 7.43. The summed E-state index contributed by atoms with van der Waals surface area (Å²) in [4.78, 5) is 16.1. The Balaban J connectivity index is 1.78. The van der Waals surface area contributed by atoms with Gasteiger partial charge in [-0.05, 0) is 38.1 Å². The maximum atomic E-state index is 12.1. The maximum Gasteiger partial charge on any atom is 0.260 e. The van der Waals surface area contributed by atoms with Crippen molar-refractivity contribution in [2.24, 2.45) is 5.73 Å². The highest BCUT2D eigenvalue weighted by Gasteiger charge is 2.19.